The fraction of sp³-hybridized carbons (Fsp3) is 0.414. The van der Waals surface area contributed by atoms with Crippen LogP contribution in [-0.4, -0.2) is 92.8 Å². The summed E-state index contributed by atoms with van der Waals surface area (Å²) < 4.78 is 39.3. The van der Waals surface area contributed by atoms with E-state index in [2.05, 4.69) is 15.1 Å². The lowest BCUT2D eigenvalue weighted by molar-refractivity contribution is -0.131. The van der Waals surface area contributed by atoms with Gasteiger partial charge in [0.25, 0.3) is 0 Å². The van der Waals surface area contributed by atoms with Gasteiger partial charge in [0.15, 0.2) is 5.82 Å². The van der Waals surface area contributed by atoms with E-state index in [1.165, 1.54) is 4.31 Å². The van der Waals surface area contributed by atoms with Gasteiger partial charge in [-0.25, -0.2) is 8.42 Å². The monoisotopic (exact) mass is 565 g/mol. The summed E-state index contributed by atoms with van der Waals surface area (Å²) in [6.07, 6.45) is 1.47. The third-order valence-corrected chi connectivity index (χ3v) is 9.20. The largest absolute Gasteiger partial charge is 0.497 e. The number of sulfonamides is 1. The highest BCUT2D eigenvalue weighted by atomic mass is 32.2. The van der Waals surface area contributed by atoms with Crippen molar-refractivity contribution in [3.63, 3.8) is 0 Å². The van der Waals surface area contributed by atoms with Crippen molar-refractivity contribution in [2.75, 3.05) is 57.9 Å². The second-order valence-electron chi connectivity index (χ2n) is 10.1. The quantitative estimate of drug-likeness (QED) is 0.390. The van der Waals surface area contributed by atoms with Crippen LogP contribution in [0.4, 0.5) is 5.82 Å². The number of piperazine rings is 1. The molecule has 0 saturated carbocycles. The number of aromatic nitrogens is 2. The third kappa shape index (κ3) is 6.43. The number of carbonyl (C=O) groups is 1. The number of methoxy groups -OCH3 is 1. The number of carbonyl (C=O) groups excluding carboxylic acids is 1. The SMILES string of the molecule is COc1cccc(-c2ccc(N3CCN(C(=O)CN(C[C@H]4CCCO4)S(=O)(=O)c4ccc(C)cc4)CC3)nn2)c1. The van der Waals surface area contributed by atoms with E-state index in [1.807, 2.05) is 43.3 Å². The number of nitrogens with zero attached hydrogens (tertiary/aromatic N) is 5. The molecule has 0 aliphatic carbocycles. The number of aryl methyl sites for hydroxylation is 1. The molecule has 2 saturated heterocycles. The summed E-state index contributed by atoms with van der Waals surface area (Å²) in [6.45, 7) is 4.56. The molecule has 2 aromatic carbocycles. The van der Waals surface area contributed by atoms with Gasteiger partial charge in [-0.3, -0.25) is 4.79 Å². The molecule has 3 heterocycles. The highest BCUT2D eigenvalue weighted by molar-refractivity contribution is 7.89. The van der Waals surface area contributed by atoms with Crippen molar-refractivity contribution in [3.8, 4) is 17.0 Å². The van der Waals surface area contributed by atoms with Crippen LogP contribution in [0, 0.1) is 6.92 Å². The predicted octanol–water partition coefficient (Wildman–Crippen LogP) is 2.98. The molecule has 212 valence electrons. The lowest BCUT2D eigenvalue weighted by atomic mass is 10.1. The number of rotatable bonds is 9. The Kier molecular flexibility index (Phi) is 8.63. The van der Waals surface area contributed by atoms with Crippen LogP contribution in [0.1, 0.15) is 18.4 Å². The van der Waals surface area contributed by atoms with E-state index in [9.17, 15) is 13.2 Å². The molecule has 11 heteroatoms. The van der Waals surface area contributed by atoms with Crippen molar-refractivity contribution < 1.29 is 22.7 Å². The van der Waals surface area contributed by atoms with Gasteiger partial charge in [-0.05, 0) is 56.2 Å². The minimum Gasteiger partial charge on any atom is -0.497 e. The molecule has 0 unspecified atom stereocenters. The Morgan fingerprint density at radius 1 is 1.05 bits per heavy atom. The van der Waals surface area contributed by atoms with Crippen molar-refractivity contribution >= 4 is 21.7 Å². The molecule has 2 aliphatic heterocycles. The van der Waals surface area contributed by atoms with Crippen LogP contribution >= 0.6 is 0 Å². The summed E-state index contributed by atoms with van der Waals surface area (Å²) in [4.78, 5) is 17.3. The average Bonchev–Trinajstić information content (AvgIpc) is 3.50. The first-order valence-corrected chi connectivity index (χ1v) is 15.0. The number of amides is 1. The smallest absolute Gasteiger partial charge is 0.243 e. The molecule has 1 atom stereocenters. The molecule has 1 amide bonds. The molecule has 0 N–H and O–H groups in total. The van der Waals surface area contributed by atoms with E-state index < -0.39 is 10.0 Å². The summed E-state index contributed by atoms with van der Waals surface area (Å²) in [7, 11) is -2.23. The Hall–Kier alpha value is -3.54. The van der Waals surface area contributed by atoms with Gasteiger partial charge in [0.2, 0.25) is 15.9 Å². The number of benzene rings is 2. The maximum atomic E-state index is 13.5. The van der Waals surface area contributed by atoms with Crippen LogP contribution in [-0.2, 0) is 19.6 Å². The minimum absolute atomic E-state index is 0.164. The van der Waals surface area contributed by atoms with Crippen LogP contribution in [0.2, 0.25) is 0 Å². The van der Waals surface area contributed by atoms with Crippen LogP contribution in [0.15, 0.2) is 65.6 Å². The summed E-state index contributed by atoms with van der Waals surface area (Å²) in [5, 5.41) is 8.80. The second kappa shape index (κ2) is 12.3. The van der Waals surface area contributed by atoms with Crippen molar-refractivity contribution in [1.29, 1.82) is 0 Å². The molecule has 40 heavy (non-hydrogen) atoms. The van der Waals surface area contributed by atoms with E-state index >= 15 is 0 Å². The zero-order valence-corrected chi connectivity index (χ0v) is 23.7. The zero-order chi connectivity index (χ0) is 28.1. The summed E-state index contributed by atoms with van der Waals surface area (Å²) in [6, 6.07) is 18.2. The van der Waals surface area contributed by atoms with Crippen molar-refractivity contribution in [3.05, 3.63) is 66.2 Å². The molecule has 2 aliphatic rings. The maximum absolute atomic E-state index is 13.5. The van der Waals surface area contributed by atoms with Gasteiger partial charge in [0.05, 0.1) is 30.3 Å². The molecular formula is C29H35N5O5S. The normalized spacial score (nSPS) is 17.8. The lowest BCUT2D eigenvalue weighted by Crippen LogP contribution is -2.52. The summed E-state index contributed by atoms with van der Waals surface area (Å²) in [5.41, 5.74) is 2.64. The first-order valence-electron chi connectivity index (χ1n) is 13.5. The van der Waals surface area contributed by atoms with Gasteiger partial charge in [0.1, 0.15) is 5.75 Å². The number of hydrogen-bond acceptors (Lipinski definition) is 8. The second-order valence-corrected chi connectivity index (χ2v) is 12.1. The third-order valence-electron chi connectivity index (χ3n) is 7.37. The van der Waals surface area contributed by atoms with Crippen LogP contribution in [0.3, 0.4) is 0 Å². The fourth-order valence-corrected chi connectivity index (χ4v) is 6.41. The maximum Gasteiger partial charge on any atom is 0.243 e. The Labute approximate surface area is 235 Å². The molecule has 10 nitrogen and oxygen atoms in total. The van der Waals surface area contributed by atoms with Gasteiger partial charge in [-0.15, -0.1) is 10.2 Å². The Balaban J connectivity index is 1.22. The zero-order valence-electron chi connectivity index (χ0n) is 22.9. The molecular weight excluding hydrogens is 530 g/mol. The Morgan fingerprint density at radius 2 is 1.82 bits per heavy atom. The molecule has 5 rings (SSSR count). The first kappa shape index (κ1) is 28.0. The Morgan fingerprint density at radius 3 is 2.48 bits per heavy atom. The first-order chi connectivity index (χ1) is 19.3. The summed E-state index contributed by atoms with van der Waals surface area (Å²) >= 11 is 0. The van der Waals surface area contributed by atoms with Crippen molar-refractivity contribution in [2.24, 2.45) is 0 Å². The van der Waals surface area contributed by atoms with Gasteiger partial charge in [0, 0.05) is 44.9 Å². The highest BCUT2D eigenvalue weighted by Gasteiger charge is 2.33. The van der Waals surface area contributed by atoms with E-state index in [1.54, 1.807) is 36.3 Å². The van der Waals surface area contributed by atoms with Gasteiger partial charge in [-0.1, -0.05) is 29.8 Å². The molecule has 3 aromatic rings. The van der Waals surface area contributed by atoms with Gasteiger partial charge >= 0.3 is 0 Å². The number of hydrogen-bond donors (Lipinski definition) is 0. The number of anilines is 1. The molecule has 1 aromatic heterocycles. The highest BCUT2D eigenvalue weighted by Crippen LogP contribution is 2.24. The van der Waals surface area contributed by atoms with E-state index in [-0.39, 0.29) is 30.0 Å². The minimum atomic E-state index is -3.86. The van der Waals surface area contributed by atoms with E-state index in [4.69, 9.17) is 9.47 Å². The van der Waals surface area contributed by atoms with Gasteiger partial charge < -0.3 is 19.3 Å². The van der Waals surface area contributed by atoms with Crippen LogP contribution < -0.4 is 9.64 Å². The predicted molar refractivity (Wildman–Crippen MR) is 152 cm³/mol. The standard InChI is InChI=1S/C29H35N5O5S/c1-22-8-10-26(11-9-22)40(36,37)34(20-25-7-4-18-39-25)21-29(35)33-16-14-32(15-17-33)28-13-12-27(30-31-28)23-5-3-6-24(19-23)38-2/h3,5-6,8-13,19,25H,4,7,14-18,20-21H2,1-2H3/t25-/m1/s1. The van der Waals surface area contributed by atoms with Crippen LogP contribution in [0.25, 0.3) is 11.3 Å². The summed E-state index contributed by atoms with van der Waals surface area (Å²) in [5.74, 6) is 1.28. The molecule has 0 spiro atoms. The van der Waals surface area contributed by atoms with Crippen LogP contribution in [0.5, 0.6) is 5.75 Å². The average molecular weight is 566 g/mol. The van der Waals surface area contributed by atoms with Crippen molar-refractivity contribution in [1.82, 2.24) is 19.4 Å². The molecule has 0 radical (unpaired) electrons. The van der Waals surface area contributed by atoms with Gasteiger partial charge in [-0.2, -0.15) is 4.31 Å². The fourth-order valence-electron chi connectivity index (χ4n) is 4.99. The van der Waals surface area contributed by atoms with Crippen molar-refractivity contribution in [2.45, 2.75) is 30.8 Å². The number of ether oxygens (including phenoxy) is 2. The lowest BCUT2D eigenvalue weighted by Gasteiger charge is -2.36. The molecule has 0 bridgehead atoms. The topological polar surface area (TPSA) is 105 Å². The Bertz CT molecular complexity index is 1400. The van der Waals surface area contributed by atoms with E-state index in [0.29, 0.717) is 32.8 Å². The van der Waals surface area contributed by atoms with E-state index in [0.717, 1.165) is 41.2 Å². The molecule has 2 fully saturated rings.